The lowest BCUT2D eigenvalue weighted by atomic mass is 10.1. The fourth-order valence-electron chi connectivity index (χ4n) is 1.65. The van der Waals surface area contributed by atoms with E-state index in [9.17, 15) is 0 Å². The number of hydrogen-bond acceptors (Lipinski definition) is 2. The number of rotatable bonds is 3. The van der Waals surface area contributed by atoms with Crippen molar-refractivity contribution in [1.82, 2.24) is 0 Å². The molecule has 0 bridgehead atoms. The predicted molar refractivity (Wildman–Crippen MR) is 76.3 cm³/mol. The number of benzene rings is 2. The van der Waals surface area contributed by atoms with Crippen LogP contribution < -0.4 is 5.73 Å². The number of thioether (sulfide) groups is 1. The number of anilines is 1. The van der Waals surface area contributed by atoms with Gasteiger partial charge in [-0.05, 0) is 54.8 Å². The van der Waals surface area contributed by atoms with Crippen LogP contribution in [-0.4, -0.2) is 0 Å². The number of aryl methyl sites for hydroxylation is 2. The van der Waals surface area contributed by atoms with Crippen LogP contribution in [-0.2, 0) is 5.75 Å². The molecule has 0 aliphatic rings. The Morgan fingerprint density at radius 3 is 2.53 bits per heavy atom. The molecular formula is C15H17NS. The maximum Gasteiger partial charge on any atom is 0.0317 e. The highest BCUT2D eigenvalue weighted by molar-refractivity contribution is 7.98. The molecule has 0 aromatic heterocycles. The Bertz CT molecular complexity index is 520. The fraction of sp³-hybridized carbons (Fsp3) is 0.200. The van der Waals surface area contributed by atoms with E-state index in [1.54, 1.807) is 0 Å². The molecule has 0 saturated heterocycles. The highest BCUT2D eigenvalue weighted by atomic mass is 32.2. The fourth-order valence-corrected chi connectivity index (χ4v) is 2.59. The van der Waals surface area contributed by atoms with Gasteiger partial charge in [0.25, 0.3) is 0 Å². The van der Waals surface area contributed by atoms with E-state index >= 15 is 0 Å². The molecule has 0 unspecified atom stereocenters. The molecule has 1 nitrogen and oxygen atoms in total. The van der Waals surface area contributed by atoms with E-state index in [2.05, 4.69) is 38.1 Å². The van der Waals surface area contributed by atoms with Gasteiger partial charge in [-0.15, -0.1) is 11.8 Å². The lowest BCUT2D eigenvalue weighted by Crippen LogP contribution is -1.87. The van der Waals surface area contributed by atoms with Crippen molar-refractivity contribution in [3.63, 3.8) is 0 Å². The molecule has 2 heteroatoms. The van der Waals surface area contributed by atoms with E-state index in [-0.39, 0.29) is 0 Å². The lowest BCUT2D eigenvalue weighted by molar-refractivity contribution is 1.27. The summed E-state index contributed by atoms with van der Waals surface area (Å²) in [7, 11) is 0. The molecule has 0 amide bonds. The first-order valence-electron chi connectivity index (χ1n) is 5.69. The minimum atomic E-state index is 0.836. The molecule has 2 aromatic rings. The van der Waals surface area contributed by atoms with Gasteiger partial charge in [0, 0.05) is 16.3 Å². The van der Waals surface area contributed by atoms with Crippen molar-refractivity contribution >= 4 is 17.4 Å². The van der Waals surface area contributed by atoms with Crippen molar-refractivity contribution in [3.8, 4) is 0 Å². The molecule has 0 radical (unpaired) electrons. The first kappa shape index (κ1) is 12.1. The first-order chi connectivity index (χ1) is 8.15. The third-order valence-electron chi connectivity index (χ3n) is 2.83. The second kappa shape index (κ2) is 5.28. The van der Waals surface area contributed by atoms with Gasteiger partial charge in [-0.3, -0.25) is 0 Å². The van der Waals surface area contributed by atoms with Gasteiger partial charge in [-0.25, -0.2) is 0 Å². The van der Waals surface area contributed by atoms with Crippen molar-refractivity contribution in [2.24, 2.45) is 0 Å². The van der Waals surface area contributed by atoms with E-state index in [4.69, 9.17) is 5.73 Å². The largest absolute Gasteiger partial charge is 0.399 e. The van der Waals surface area contributed by atoms with Gasteiger partial charge in [-0.2, -0.15) is 0 Å². The Morgan fingerprint density at radius 2 is 1.82 bits per heavy atom. The van der Waals surface area contributed by atoms with Gasteiger partial charge in [0.05, 0.1) is 0 Å². The summed E-state index contributed by atoms with van der Waals surface area (Å²) >= 11 is 1.85. The summed E-state index contributed by atoms with van der Waals surface area (Å²) in [5.41, 5.74) is 10.6. The molecule has 0 aliphatic heterocycles. The molecule has 2 aromatic carbocycles. The van der Waals surface area contributed by atoms with Gasteiger partial charge < -0.3 is 5.73 Å². The monoisotopic (exact) mass is 243 g/mol. The molecule has 0 aliphatic carbocycles. The molecule has 2 rings (SSSR count). The highest BCUT2D eigenvalue weighted by Gasteiger charge is 1.99. The van der Waals surface area contributed by atoms with Crippen molar-refractivity contribution in [3.05, 3.63) is 59.2 Å². The van der Waals surface area contributed by atoms with Crippen LogP contribution in [0.2, 0.25) is 0 Å². The maximum atomic E-state index is 5.76. The van der Waals surface area contributed by atoms with Crippen molar-refractivity contribution < 1.29 is 0 Å². The molecular weight excluding hydrogens is 226 g/mol. The van der Waals surface area contributed by atoms with Crippen LogP contribution in [0.3, 0.4) is 0 Å². The van der Waals surface area contributed by atoms with Crippen LogP contribution in [0, 0.1) is 13.8 Å². The lowest BCUT2D eigenvalue weighted by Gasteiger charge is -2.05. The van der Waals surface area contributed by atoms with Crippen LogP contribution in [0.25, 0.3) is 0 Å². The summed E-state index contributed by atoms with van der Waals surface area (Å²) in [5.74, 6) is 0.966. The van der Waals surface area contributed by atoms with Gasteiger partial charge in [0.1, 0.15) is 0 Å². The maximum absolute atomic E-state index is 5.76. The topological polar surface area (TPSA) is 26.0 Å². The molecule has 17 heavy (non-hydrogen) atoms. The standard InChI is InChI=1S/C15H17NS/c1-11-6-7-15(8-12(11)2)17-10-13-4-3-5-14(16)9-13/h3-9H,10,16H2,1-2H3. The van der Waals surface area contributed by atoms with Crippen molar-refractivity contribution in [1.29, 1.82) is 0 Å². The van der Waals surface area contributed by atoms with Crippen LogP contribution in [0.5, 0.6) is 0 Å². The minimum absolute atomic E-state index is 0.836. The average molecular weight is 243 g/mol. The molecule has 88 valence electrons. The summed E-state index contributed by atoms with van der Waals surface area (Å²) in [4.78, 5) is 1.32. The summed E-state index contributed by atoms with van der Waals surface area (Å²) < 4.78 is 0. The van der Waals surface area contributed by atoms with E-state index in [0.29, 0.717) is 0 Å². The van der Waals surface area contributed by atoms with E-state index < -0.39 is 0 Å². The predicted octanol–water partition coefficient (Wildman–Crippen LogP) is 4.18. The Labute approximate surface area is 107 Å². The van der Waals surface area contributed by atoms with E-state index in [1.807, 2.05) is 30.0 Å². The van der Waals surface area contributed by atoms with Gasteiger partial charge in [0.15, 0.2) is 0 Å². The van der Waals surface area contributed by atoms with Gasteiger partial charge in [0.2, 0.25) is 0 Å². The molecule has 2 N–H and O–H groups in total. The highest BCUT2D eigenvalue weighted by Crippen LogP contribution is 2.25. The van der Waals surface area contributed by atoms with Crippen LogP contribution >= 0.6 is 11.8 Å². The zero-order valence-corrected chi connectivity index (χ0v) is 11.1. The number of hydrogen-bond donors (Lipinski definition) is 1. The third kappa shape index (κ3) is 3.27. The van der Waals surface area contributed by atoms with Gasteiger partial charge in [-0.1, -0.05) is 18.2 Å². The number of nitrogens with two attached hydrogens (primary N) is 1. The third-order valence-corrected chi connectivity index (χ3v) is 3.90. The Kier molecular flexibility index (Phi) is 3.75. The summed E-state index contributed by atoms with van der Waals surface area (Å²) in [6, 6.07) is 14.7. The summed E-state index contributed by atoms with van der Waals surface area (Å²) in [6.45, 7) is 4.29. The molecule has 0 fully saturated rings. The number of nitrogen functional groups attached to an aromatic ring is 1. The first-order valence-corrected chi connectivity index (χ1v) is 6.68. The molecule has 0 heterocycles. The Balaban J connectivity index is 2.05. The molecule has 0 atom stereocenters. The van der Waals surface area contributed by atoms with Crippen molar-refractivity contribution in [2.45, 2.75) is 24.5 Å². The SMILES string of the molecule is Cc1ccc(SCc2cccc(N)c2)cc1C. The zero-order valence-electron chi connectivity index (χ0n) is 10.2. The molecule has 0 spiro atoms. The van der Waals surface area contributed by atoms with Gasteiger partial charge >= 0.3 is 0 Å². The quantitative estimate of drug-likeness (QED) is 0.646. The van der Waals surface area contributed by atoms with Crippen LogP contribution in [0.15, 0.2) is 47.4 Å². The van der Waals surface area contributed by atoms with Crippen LogP contribution in [0.4, 0.5) is 5.69 Å². The van der Waals surface area contributed by atoms with Crippen LogP contribution in [0.1, 0.15) is 16.7 Å². The minimum Gasteiger partial charge on any atom is -0.399 e. The summed E-state index contributed by atoms with van der Waals surface area (Å²) in [6.07, 6.45) is 0. The Hall–Kier alpha value is -1.41. The zero-order chi connectivity index (χ0) is 12.3. The molecule has 0 saturated carbocycles. The van der Waals surface area contributed by atoms with Crippen molar-refractivity contribution in [2.75, 3.05) is 5.73 Å². The summed E-state index contributed by atoms with van der Waals surface area (Å²) in [5, 5.41) is 0. The van der Waals surface area contributed by atoms with E-state index in [0.717, 1.165) is 11.4 Å². The normalized spacial score (nSPS) is 10.5. The second-order valence-corrected chi connectivity index (χ2v) is 5.33. The second-order valence-electron chi connectivity index (χ2n) is 4.28. The smallest absolute Gasteiger partial charge is 0.0317 e. The Morgan fingerprint density at radius 1 is 1.00 bits per heavy atom. The van der Waals surface area contributed by atoms with E-state index in [1.165, 1.54) is 21.6 Å². The average Bonchev–Trinajstić information content (AvgIpc) is 2.31.